The van der Waals surface area contributed by atoms with Crippen molar-refractivity contribution in [1.29, 1.82) is 0 Å². The van der Waals surface area contributed by atoms with Crippen LogP contribution in [0, 0.1) is 17.7 Å². The van der Waals surface area contributed by atoms with Gasteiger partial charge in [-0.2, -0.15) is 4.31 Å². The van der Waals surface area contributed by atoms with Crippen molar-refractivity contribution in [2.45, 2.75) is 25.2 Å². The number of ether oxygens (including phenoxy) is 1. The van der Waals surface area contributed by atoms with Gasteiger partial charge in [0.2, 0.25) is 10.0 Å². The van der Waals surface area contributed by atoms with Crippen molar-refractivity contribution in [3.05, 3.63) is 24.0 Å². The average molecular weight is 301 g/mol. The fourth-order valence-corrected chi connectivity index (χ4v) is 4.45. The zero-order valence-corrected chi connectivity index (χ0v) is 12.8. The molecule has 6 heteroatoms. The first-order chi connectivity index (χ1) is 9.34. The molecule has 20 heavy (non-hydrogen) atoms. The summed E-state index contributed by atoms with van der Waals surface area (Å²) in [5.41, 5.74) is 0. The van der Waals surface area contributed by atoms with Gasteiger partial charge in [0.15, 0.2) is 11.6 Å². The van der Waals surface area contributed by atoms with Gasteiger partial charge >= 0.3 is 0 Å². The highest BCUT2D eigenvalue weighted by Crippen LogP contribution is 2.28. The molecule has 1 aliphatic heterocycles. The zero-order valence-electron chi connectivity index (χ0n) is 12.0. The summed E-state index contributed by atoms with van der Waals surface area (Å²) in [7, 11) is -2.27. The summed E-state index contributed by atoms with van der Waals surface area (Å²) in [5, 5.41) is 0. The van der Waals surface area contributed by atoms with Crippen LogP contribution in [-0.2, 0) is 10.0 Å². The molecular formula is C14H20FNO3S. The number of rotatable bonds is 3. The molecule has 1 aromatic carbocycles. The van der Waals surface area contributed by atoms with E-state index < -0.39 is 15.8 Å². The lowest BCUT2D eigenvalue weighted by atomic mass is 9.94. The Morgan fingerprint density at radius 3 is 2.40 bits per heavy atom. The summed E-state index contributed by atoms with van der Waals surface area (Å²) in [6.45, 7) is 5.10. The largest absolute Gasteiger partial charge is 0.494 e. The van der Waals surface area contributed by atoms with E-state index in [2.05, 4.69) is 0 Å². The van der Waals surface area contributed by atoms with Crippen molar-refractivity contribution in [3.63, 3.8) is 0 Å². The second-order valence-electron chi connectivity index (χ2n) is 5.56. The molecular weight excluding hydrogens is 281 g/mol. The Morgan fingerprint density at radius 2 is 1.85 bits per heavy atom. The van der Waals surface area contributed by atoms with Crippen LogP contribution < -0.4 is 4.74 Å². The minimum absolute atomic E-state index is 0.0517. The Hall–Kier alpha value is -1.14. The summed E-state index contributed by atoms with van der Waals surface area (Å²) in [6, 6.07) is 3.66. The van der Waals surface area contributed by atoms with Crippen LogP contribution in [0.1, 0.15) is 20.3 Å². The van der Waals surface area contributed by atoms with E-state index >= 15 is 0 Å². The molecule has 1 aromatic rings. The zero-order chi connectivity index (χ0) is 14.9. The van der Waals surface area contributed by atoms with Gasteiger partial charge in [-0.25, -0.2) is 12.8 Å². The first-order valence-electron chi connectivity index (χ1n) is 6.68. The smallest absolute Gasteiger partial charge is 0.243 e. The lowest BCUT2D eigenvalue weighted by Gasteiger charge is -2.34. The normalized spacial score (nSPS) is 24.6. The molecule has 2 rings (SSSR count). The van der Waals surface area contributed by atoms with E-state index in [1.165, 1.54) is 23.5 Å². The van der Waals surface area contributed by atoms with Gasteiger partial charge in [-0.1, -0.05) is 13.8 Å². The predicted octanol–water partition coefficient (Wildman–Crippen LogP) is 2.50. The van der Waals surface area contributed by atoms with Crippen molar-refractivity contribution in [2.24, 2.45) is 11.8 Å². The number of benzene rings is 1. The van der Waals surface area contributed by atoms with Gasteiger partial charge in [-0.05, 0) is 30.4 Å². The lowest BCUT2D eigenvalue weighted by molar-refractivity contribution is 0.222. The minimum Gasteiger partial charge on any atom is -0.494 e. The van der Waals surface area contributed by atoms with Crippen LogP contribution in [0.25, 0.3) is 0 Å². The van der Waals surface area contributed by atoms with Gasteiger partial charge in [-0.3, -0.25) is 0 Å². The first kappa shape index (κ1) is 15.3. The number of piperidine rings is 1. The fourth-order valence-electron chi connectivity index (χ4n) is 2.75. The number of methoxy groups -OCH3 is 1. The van der Waals surface area contributed by atoms with E-state index in [-0.39, 0.29) is 10.6 Å². The summed E-state index contributed by atoms with van der Waals surface area (Å²) in [4.78, 5) is 0.0806. The maximum atomic E-state index is 13.4. The Bertz CT molecular complexity index is 578. The van der Waals surface area contributed by atoms with Crippen LogP contribution in [0.3, 0.4) is 0 Å². The molecule has 0 N–H and O–H groups in total. The van der Waals surface area contributed by atoms with Crippen molar-refractivity contribution < 1.29 is 17.5 Å². The maximum absolute atomic E-state index is 13.4. The van der Waals surface area contributed by atoms with E-state index in [1.54, 1.807) is 0 Å². The van der Waals surface area contributed by atoms with Gasteiger partial charge in [-0.15, -0.1) is 0 Å². The molecule has 1 saturated heterocycles. The topological polar surface area (TPSA) is 46.6 Å². The van der Waals surface area contributed by atoms with Gasteiger partial charge in [0.1, 0.15) is 0 Å². The third kappa shape index (κ3) is 2.96. The van der Waals surface area contributed by atoms with Gasteiger partial charge in [0, 0.05) is 19.2 Å². The molecule has 0 spiro atoms. The van der Waals surface area contributed by atoms with Gasteiger partial charge < -0.3 is 4.74 Å². The number of hydrogen-bond acceptors (Lipinski definition) is 3. The van der Waals surface area contributed by atoms with Crippen LogP contribution in [0.2, 0.25) is 0 Å². The highest BCUT2D eigenvalue weighted by atomic mass is 32.2. The SMILES string of the molecule is COc1cc(S(=O)(=O)N2CC(C)CC(C)C2)ccc1F. The van der Waals surface area contributed by atoms with Crippen LogP contribution in [0.15, 0.2) is 23.1 Å². The number of nitrogens with zero attached hydrogens (tertiary/aromatic N) is 1. The molecule has 4 nitrogen and oxygen atoms in total. The lowest BCUT2D eigenvalue weighted by Crippen LogP contribution is -2.42. The maximum Gasteiger partial charge on any atom is 0.243 e. The van der Waals surface area contributed by atoms with Crippen molar-refractivity contribution in [1.82, 2.24) is 4.31 Å². The molecule has 1 fully saturated rings. The molecule has 0 bridgehead atoms. The third-order valence-corrected chi connectivity index (χ3v) is 5.42. The van der Waals surface area contributed by atoms with Crippen molar-refractivity contribution in [2.75, 3.05) is 20.2 Å². The first-order valence-corrected chi connectivity index (χ1v) is 8.12. The molecule has 1 heterocycles. The van der Waals surface area contributed by atoms with E-state index in [0.29, 0.717) is 24.9 Å². The molecule has 0 saturated carbocycles. The minimum atomic E-state index is -3.59. The Kier molecular flexibility index (Phi) is 4.34. The van der Waals surface area contributed by atoms with Crippen LogP contribution in [-0.4, -0.2) is 32.9 Å². The molecule has 0 aromatic heterocycles. The van der Waals surface area contributed by atoms with Crippen molar-refractivity contribution in [3.8, 4) is 5.75 Å². The molecule has 2 unspecified atom stereocenters. The fraction of sp³-hybridized carbons (Fsp3) is 0.571. The summed E-state index contributed by atoms with van der Waals surface area (Å²) >= 11 is 0. The number of sulfonamides is 1. The van der Waals surface area contributed by atoms with E-state index in [4.69, 9.17) is 4.74 Å². The quantitative estimate of drug-likeness (QED) is 0.862. The monoisotopic (exact) mass is 301 g/mol. The molecule has 2 atom stereocenters. The number of halogens is 1. The van der Waals surface area contributed by atoms with Crippen LogP contribution in [0.5, 0.6) is 5.75 Å². The Labute approximate surface area is 119 Å². The highest BCUT2D eigenvalue weighted by Gasteiger charge is 2.32. The second kappa shape index (κ2) is 5.69. The Morgan fingerprint density at radius 1 is 1.25 bits per heavy atom. The summed E-state index contributed by atoms with van der Waals surface area (Å²) < 4.78 is 44.9. The molecule has 0 radical (unpaired) electrons. The Balaban J connectivity index is 2.34. The van der Waals surface area contributed by atoms with Gasteiger partial charge in [0.05, 0.1) is 12.0 Å². The average Bonchev–Trinajstić information content (AvgIpc) is 2.37. The second-order valence-corrected chi connectivity index (χ2v) is 7.50. The van der Waals surface area contributed by atoms with E-state index in [9.17, 15) is 12.8 Å². The van der Waals surface area contributed by atoms with E-state index in [0.717, 1.165) is 12.5 Å². The standard InChI is InChI=1S/C14H20FNO3S/c1-10-6-11(2)9-16(8-10)20(17,18)12-4-5-13(15)14(7-12)19-3/h4-5,7,10-11H,6,8-9H2,1-3H3. The molecule has 112 valence electrons. The summed E-state index contributed by atoms with van der Waals surface area (Å²) in [6.07, 6.45) is 1.03. The van der Waals surface area contributed by atoms with Crippen LogP contribution >= 0.6 is 0 Å². The third-order valence-electron chi connectivity index (χ3n) is 3.60. The van der Waals surface area contributed by atoms with Crippen molar-refractivity contribution >= 4 is 10.0 Å². The molecule has 1 aliphatic rings. The summed E-state index contributed by atoms with van der Waals surface area (Å²) in [5.74, 6) is 0.0442. The highest BCUT2D eigenvalue weighted by molar-refractivity contribution is 7.89. The molecule has 0 amide bonds. The number of hydrogen-bond donors (Lipinski definition) is 0. The predicted molar refractivity (Wildman–Crippen MR) is 74.7 cm³/mol. The van der Waals surface area contributed by atoms with E-state index in [1.807, 2.05) is 13.8 Å². The molecule has 0 aliphatic carbocycles. The van der Waals surface area contributed by atoms with Crippen LogP contribution in [0.4, 0.5) is 4.39 Å². The van der Waals surface area contributed by atoms with Gasteiger partial charge in [0.25, 0.3) is 0 Å².